The van der Waals surface area contributed by atoms with Crippen LogP contribution in [-0.4, -0.2) is 36.9 Å². The number of ether oxygens (including phenoxy) is 1. The number of fused-ring (bicyclic) bond motifs is 2. The fraction of sp³-hybridized carbons (Fsp3) is 0.300. The lowest BCUT2D eigenvalue weighted by Crippen LogP contribution is -2.51. The number of aromatic nitrogens is 2. The number of likely N-dealkylation sites (N-methyl/N-ethyl adjacent to an activating group) is 1. The van der Waals surface area contributed by atoms with Crippen molar-refractivity contribution in [2.24, 2.45) is 7.05 Å². The van der Waals surface area contributed by atoms with Crippen molar-refractivity contribution in [2.45, 2.75) is 25.2 Å². The van der Waals surface area contributed by atoms with Crippen LogP contribution in [0.2, 0.25) is 0 Å². The van der Waals surface area contributed by atoms with E-state index in [-0.39, 0.29) is 17.2 Å². The molecule has 8 nitrogen and oxygen atoms in total. The Labute approximate surface area is 169 Å². The topological polar surface area (TPSA) is 105 Å². The number of anilines is 1. The molecule has 1 aliphatic heterocycles. The van der Waals surface area contributed by atoms with Crippen molar-refractivity contribution in [1.82, 2.24) is 9.55 Å². The summed E-state index contributed by atoms with van der Waals surface area (Å²) in [7, 11) is 3.31. The minimum atomic E-state index is -2.05. The summed E-state index contributed by atoms with van der Waals surface area (Å²) < 4.78 is 28.4. The fourth-order valence-corrected chi connectivity index (χ4v) is 4.20. The van der Waals surface area contributed by atoms with Gasteiger partial charge in [0.15, 0.2) is 22.4 Å². The molecule has 0 spiro atoms. The molecule has 2 N–H and O–H groups in total. The third kappa shape index (κ3) is 3.06. The van der Waals surface area contributed by atoms with Crippen LogP contribution in [0.5, 0.6) is 5.75 Å². The quantitative estimate of drug-likeness (QED) is 0.639. The largest absolute Gasteiger partial charge is 0.475 e. The van der Waals surface area contributed by atoms with Gasteiger partial charge < -0.3 is 23.7 Å². The van der Waals surface area contributed by atoms with Crippen molar-refractivity contribution in [3.8, 4) is 16.9 Å². The predicted octanol–water partition coefficient (Wildman–Crippen LogP) is 2.39. The number of nitrogens with one attached hydrogen (secondary N) is 1. The van der Waals surface area contributed by atoms with Gasteiger partial charge in [-0.15, -0.1) is 0 Å². The summed E-state index contributed by atoms with van der Waals surface area (Å²) in [6.45, 7) is 3.39. The molecule has 0 fully saturated rings. The third-order valence-corrected chi connectivity index (χ3v) is 5.72. The van der Waals surface area contributed by atoms with Gasteiger partial charge in [0.25, 0.3) is 11.5 Å². The van der Waals surface area contributed by atoms with Crippen molar-refractivity contribution < 1.29 is 18.3 Å². The Morgan fingerprint density at radius 2 is 1.93 bits per heavy atom. The lowest BCUT2D eigenvalue weighted by atomic mass is 9.96. The summed E-state index contributed by atoms with van der Waals surface area (Å²) in [6, 6.07) is 5.27. The fourth-order valence-electron chi connectivity index (χ4n) is 3.75. The van der Waals surface area contributed by atoms with E-state index in [9.17, 15) is 18.4 Å². The third-order valence-electron chi connectivity index (χ3n) is 5.14. The van der Waals surface area contributed by atoms with Crippen LogP contribution in [0.1, 0.15) is 19.4 Å². The highest BCUT2D eigenvalue weighted by Crippen LogP contribution is 2.46. The van der Waals surface area contributed by atoms with Crippen molar-refractivity contribution in [1.29, 1.82) is 0 Å². The van der Waals surface area contributed by atoms with E-state index in [1.807, 2.05) is 0 Å². The van der Waals surface area contributed by atoms with E-state index >= 15 is 0 Å². The molecule has 1 unspecified atom stereocenters. The number of H-pyrrole nitrogens is 1. The van der Waals surface area contributed by atoms with Crippen LogP contribution in [0.3, 0.4) is 0 Å². The number of amides is 1. The molecular formula is C20H21N3O5S. The molecule has 0 aliphatic carbocycles. The maximum absolute atomic E-state index is 12.7. The molecule has 0 saturated carbocycles. The summed E-state index contributed by atoms with van der Waals surface area (Å²) in [5, 5.41) is 0.707. The summed E-state index contributed by atoms with van der Waals surface area (Å²) in [6.07, 6.45) is 3.40. The van der Waals surface area contributed by atoms with Crippen LogP contribution in [0, 0.1) is 0 Å². The average Bonchev–Trinajstić information content (AvgIpc) is 3.13. The van der Waals surface area contributed by atoms with Gasteiger partial charge in [-0.2, -0.15) is 0 Å². The van der Waals surface area contributed by atoms with Gasteiger partial charge in [-0.1, -0.05) is 0 Å². The molecule has 4 rings (SSSR count). The first-order chi connectivity index (χ1) is 13.6. The number of hydrogen-bond acceptors (Lipinski definition) is 4. The van der Waals surface area contributed by atoms with E-state index in [2.05, 4.69) is 4.98 Å². The normalized spacial score (nSPS) is 16.6. The van der Waals surface area contributed by atoms with Gasteiger partial charge in [-0.25, -0.2) is 4.21 Å². The van der Waals surface area contributed by atoms with Crippen LogP contribution in [0.25, 0.3) is 22.0 Å². The lowest BCUT2D eigenvalue weighted by molar-refractivity contribution is -0.132. The molecular weight excluding hydrogens is 394 g/mol. The van der Waals surface area contributed by atoms with Crippen molar-refractivity contribution in [3.63, 3.8) is 0 Å². The molecule has 0 bridgehead atoms. The molecule has 3 aromatic rings. The molecule has 152 valence electrons. The Morgan fingerprint density at radius 1 is 1.21 bits per heavy atom. The van der Waals surface area contributed by atoms with Gasteiger partial charge in [-0.3, -0.25) is 9.59 Å². The highest BCUT2D eigenvalue weighted by molar-refractivity contribution is 7.78. The molecule has 1 amide bonds. The van der Waals surface area contributed by atoms with Gasteiger partial charge in [0.1, 0.15) is 5.52 Å². The summed E-state index contributed by atoms with van der Waals surface area (Å²) in [5.74, 6) is 0.185. The zero-order valence-electron chi connectivity index (χ0n) is 16.5. The van der Waals surface area contributed by atoms with E-state index in [1.165, 1.54) is 9.47 Å². The van der Waals surface area contributed by atoms with Crippen molar-refractivity contribution in [3.05, 3.63) is 46.5 Å². The minimum Gasteiger partial charge on any atom is -0.475 e. The first-order valence-electron chi connectivity index (χ1n) is 8.99. The number of carbonyl (C=O) groups is 1. The van der Waals surface area contributed by atoms with E-state index in [0.29, 0.717) is 33.5 Å². The monoisotopic (exact) mass is 415 g/mol. The molecule has 1 atom stereocenters. The van der Waals surface area contributed by atoms with Gasteiger partial charge in [0.05, 0.1) is 11.4 Å². The number of rotatable bonds is 3. The van der Waals surface area contributed by atoms with E-state index in [0.717, 1.165) is 5.56 Å². The minimum absolute atomic E-state index is 0.0895. The number of hydrogen-bond donors (Lipinski definition) is 2. The SMILES string of the molecule is CN1C(=O)C(C)(C)Oc2c(-c3cn(C)c(=O)c4[nH]ccc34)cc(CS(=O)O)cc21. The van der Waals surface area contributed by atoms with E-state index in [1.54, 1.807) is 58.5 Å². The van der Waals surface area contributed by atoms with Crippen molar-refractivity contribution >= 4 is 33.6 Å². The summed E-state index contributed by atoms with van der Waals surface area (Å²) >= 11 is -2.05. The highest BCUT2D eigenvalue weighted by Gasteiger charge is 2.40. The van der Waals surface area contributed by atoms with Crippen molar-refractivity contribution in [2.75, 3.05) is 11.9 Å². The molecule has 9 heteroatoms. The molecule has 2 aromatic heterocycles. The smallest absolute Gasteiger partial charge is 0.274 e. The Hall–Kier alpha value is -2.91. The number of carbonyl (C=O) groups excluding carboxylic acids is 1. The molecule has 0 radical (unpaired) electrons. The van der Waals surface area contributed by atoms with Gasteiger partial charge in [0.2, 0.25) is 0 Å². The van der Waals surface area contributed by atoms with E-state index < -0.39 is 16.7 Å². The van der Waals surface area contributed by atoms with Gasteiger partial charge in [0, 0.05) is 43.0 Å². The number of aromatic amines is 1. The Balaban J connectivity index is 2.08. The number of aryl methyl sites for hydroxylation is 1. The summed E-state index contributed by atoms with van der Waals surface area (Å²) in [5.41, 5.74) is 1.69. The molecule has 1 aromatic carbocycles. The van der Waals surface area contributed by atoms with Crippen LogP contribution in [-0.2, 0) is 28.7 Å². The standard InChI is InChI=1S/C20H21N3O5S/c1-20(2)19(25)23(4)15-8-11(10-29(26)27)7-13(17(15)28-20)14-9-22(3)18(24)16-12(14)5-6-21-16/h5-9,21H,10H2,1-4H3,(H,26,27). The van der Waals surface area contributed by atoms with Crippen LogP contribution < -0.4 is 15.2 Å². The Bertz CT molecular complexity index is 1240. The second-order valence-electron chi connectivity index (χ2n) is 7.66. The number of pyridine rings is 1. The maximum Gasteiger partial charge on any atom is 0.274 e. The zero-order chi connectivity index (χ0) is 21.1. The average molecular weight is 415 g/mol. The van der Waals surface area contributed by atoms with Crippen LogP contribution >= 0.6 is 0 Å². The molecule has 0 saturated heterocycles. The molecule has 1 aliphatic rings. The summed E-state index contributed by atoms with van der Waals surface area (Å²) in [4.78, 5) is 29.6. The molecule has 29 heavy (non-hydrogen) atoms. The maximum atomic E-state index is 12.7. The zero-order valence-corrected chi connectivity index (χ0v) is 17.3. The van der Waals surface area contributed by atoms with Crippen LogP contribution in [0.4, 0.5) is 5.69 Å². The van der Waals surface area contributed by atoms with Gasteiger partial charge >= 0.3 is 0 Å². The highest BCUT2D eigenvalue weighted by atomic mass is 32.2. The van der Waals surface area contributed by atoms with Gasteiger partial charge in [-0.05, 0) is 37.6 Å². The first-order valence-corrected chi connectivity index (χ1v) is 10.3. The number of benzene rings is 1. The first kappa shape index (κ1) is 19.4. The second kappa shape index (κ2) is 6.57. The Kier molecular flexibility index (Phi) is 4.39. The second-order valence-corrected chi connectivity index (χ2v) is 8.59. The van der Waals surface area contributed by atoms with E-state index in [4.69, 9.17) is 4.74 Å². The lowest BCUT2D eigenvalue weighted by Gasteiger charge is -2.38. The van der Waals surface area contributed by atoms with Crippen LogP contribution in [0.15, 0.2) is 35.4 Å². The number of nitrogens with zero attached hydrogens (tertiary/aromatic N) is 2. The Morgan fingerprint density at radius 3 is 2.62 bits per heavy atom. The molecule has 3 heterocycles. The predicted molar refractivity (Wildman–Crippen MR) is 112 cm³/mol.